The van der Waals surface area contributed by atoms with Crippen LogP contribution in [0.2, 0.25) is 0 Å². The van der Waals surface area contributed by atoms with Crippen molar-refractivity contribution in [3.8, 4) is 0 Å². The third-order valence-electron chi connectivity index (χ3n) is 4.61. The molecule has 0 saturated heterocycles. The Morgan fingerprint density at radius 2 is 1.90 bits per heavy atom. The average molecular weight is 283 g/mol. The van der Waals surface area contributed by atoms with Gasteiger partial charge in [-0.15, -0.1) is 0 Å². The van der Waals surface area contributed by atoms with Crippen LogP contribution in [0.4, 0.5) is 0 Å². The zero-order valence-electron chi connectivity index (χ0n) is 13.6. The molecule has 0 amide bonds. The molecular weight excluding hydrogens is 250 g/mol. The predicted octanol–water partition coefficient (Wildman–Crippen LogP) is 4.04. The number of carbonyl (C=O) groups is 1. The summed E-state index contributed by atoms with van der Waals surface area (Å²) >= 11 is 0. The third-order valence-corrected chi connectivity index (χ3v) is 4.61. The van der Waals surface area contributed by atoms with Gasteiger partial charge in [-0.2, -0.15) is 0 Å². The monoisotopic (exact) mass is 283 g/mol. The third kappa shape index (κ3) is 6.74. The summed E-state index contributed by atoms with van der Waals surface area (Å²) in [6.45, 7) is 7.50. The van der Waals surface area contributed by atoms with Gasteiger partial charge in [-0.1, -0.05) is 33.6 Å². The molecule has 1 aliphatic rings. The van der Waals surface area contributed by atoms with Gasteiger partial charge in [-0.3, -0.25) is 4.79 Å². The maximum atomic E-state index is 11.9. The summed E-state index contributed by atoms with van der Waals surface area (Å²) in [5.74, 6) is 0.579. The molecule has 0 heterocycles. The van der Waals surface area contributed by atoms with Crippen molar-refractivity contribution in [2.75, 3.05) is 6.54 Å². The fourth-order valence-corrected chi connectivity index (χ4v) is 3.13. The van der Waals surface area contributed by atoms with Crippen LogP contribution in [0.15, 0.2) is 0 Å². The van der Waals surface area contributed by atoms with Gasteiger partial charge in [0.05, 0.1) is 0 Å². The molecule has 2 N–H and O–H groups in total. The molecule has 0 aromatic heterocycles. The van der Waals surface area contributed by atoms with Crippen molar-refractivity contribution >= 4 is 5.97 Å². The molecule has 1 rings (SSSR count). The highest BCUT2D eigenvalue weighted by Crippen LogP contribution is 2.36. The molecule has 0 aromatic rings. The van der Waals surface area contributed by atoms with Crippen molar-refractivity contribution in [2.24, 2.45) is 17.1 Å². The lowest BCUT2D eigenvalue weighted by molar-refractivity contribution is -0.152. The Balaban J connectivity index is 2.22. The summed E-state index contributed by atoms with van der Waals surface area (Å²) in [6.07, 6.45) is 9.40. The second-order valence-electron chi connectivity index (χ2n) is 7.12. The first-order valence-electron chi connectivity index (χ1n) is 8.36. The summed E-state index contributed by atoms with van der Waals surface area (Å²) in [6, 6.07) is 0. The lowest BCUT2D eigenvalue weighted by Gasteiger charge is -2.33. The van der Waals surface area contributed by atoms with Crippen LogP contribution in [0.25, 0.3) is 0 Å². The van der Waals surface area contributed by atoms with E-state index in [0.717, 1.165) is 51.5 Å². The Morgan fingerprint density at radius 3 is 2.45 bits per heavy atom. The Kier molecular flexibility index (Phi) is 7.57. The molecule has 3 nitrogen and oxygen atoms in total. The van der Waals surface area contributed by atoms with Crippen LogP contribution >= 0.6 is 0 Å². The Labute approximate surface area is 124 Å². The van der Waals surface area contributed by atoms with Gasteiger partial charge in [0.25, 0.3) is 0 Å². The van der Waals surface area contributed by atoms with Gasteiger partial charge in [0.2, 0.25) is 0 Å². The average Bonchev–Trinajstić information content (AvgIpc) is 2.39. The van der Waals surface area contributed by atoms with E-state index in [1.807, 2.05) is 0 Å². The number of carbonyl (C=O) groups excluding carboxylic acids is 1. The molecule has 20 heavy (non-hydrogen) atoms. The van der Waals surface area contributed by atoms with Gasteiger partial charge in [0.15, 0.2) is 0 Å². The molecule has 1 saturated carbocycles. The van der Waals surface area contributed by atoms with Crippen molar-refractivity contribution in [2.45, 2.75) is 84.7 Å². The minimum absolute atomic E-state index is 0.00664. The zero-order valence-corrected chi connectivity index (χ0v) is 13.6. The van der Waals surface area contributed by atoms with E-state index in [9.17, 15) is 4.79 Å². The normalized spacial score (nSPS) is 20.6. The van der Waals surface area contributed by atoms with Gasteiger partial charge < -0.3 is 10.5 Å². The standard InChI is InChI=1S/C17H33NO2/c1-4-5-14(10-13-18)6-7-16(19)20-15-8-11-17(2,3)12-9-15/h14-15H,4-13,18H2,1-3H3. The smallest absolute Gasteiger partial charge is 0.306 e. The number of hydrogen-bond donors (Lipinski definition) is 1. The number of ether oxygens (including phenoxy) is 1. The fraction of sp³-hybridized carbons (Fsp3) is 0.941. The molecule has 118 valence electrons. The van der Waals surface area contributed by atoms with Gasteiger partial charge in [-0.05, 0) is 56.4 Å². The molecule has 3 heteroatoms. The molecule has 1 unspecified atom stereocenters. The zero-order chi connectivity index (χ0) is 15.0. The van der Waals surface area contributed by atoms with Gasteiger partial charge >= 0.3 is 5.97 Å². The minimum atomic E-state index is -0.00664. The molecule has 0 spiro atoms. The van der Waals surface area contributed by atoms with Gasteiger partial charge in [0, 0.05) is 6.42 Å². The Morgan fingerprint density at radius 1 is 1.25 bits per heavy atom. The second kappa shape index (κ2) is 8.66. The molecule has 1 aliphatic carbocycles. The first kappa shape index (κ1) is 17.5. The molecule has 1 atom stereocenters. The van der Waals surface area contributed by atoms with Crippen LogP contribution < -0.4 is 5.73 Å². The van der Waals surface area contributed by atoms with E-state index < -0.39 is 0 Å². The largest absolute Gasteiger partial charge is 0.462 e. The molecule has 0 aliphatic heterocycles. The predicted molar refractivity (Wildman–Crippen MR) is 83.4 cm³/mol. The first-order valence-corrected chi connectivity index (χ1v) is 8.36. The van der Waals surface area contributed by atoms with Crippen LogP contribution in [0.1, 0.15) is 78.6 Å². The van der Waals surface area contributed by atoms with E-state index in [1.165, 1.54) is 6.42 Å². The SMILES string of the molecule is CCCC(CCN)CCC(=O)OC1CCC(C)(C)CC1. The van der Waals surface area contributed by atoms with Crippen LogP contribution in [-0.4, -0.2) is 18.6 Å². The van der Waals surface area contributed by atoms with E-state index >= 15 is 0 Å². The van der Waals surface area contributed by atoms with Crippen LogP contribution in [0.3, 0.4) is 0 Å². The van der Waals surface area contributed by atoms with Gasteiger partial charge in [0.1, 0.15) is 6.10 Å². The van der Waals surface area contributed by atoms with E-state index in [0.29, 0.717) is 17.8 Å². The minimum Gasteiger partial charge on any atom is -0.462 e. The van der Waals surface area contributed by atoms with Crippen LogP contribution in [0, 0.1) is 11.3 Å². The highest BCUT2D eigenvalue weighted by Gasteiger charge is 2.28. The maximum absolute atomic E-state index is 11.9. The van der Waals surface area contributed by atoms with Crippen molar-refractivity contribution in [3.63, 3.8) is 0 Å². The van der Waals surface area contributed by atoms with Crippen LogP contribution in [0.5, 0.6) is 0 Å². The second-order valence-corrected chi connectivity index (χ2v) is 7.12. The van der Waals surface area contributed by atoms with Crippen molar-refractivity contribution < 1.29 is 9.53 Å². The number of nitrogens with two attached hydrogens (primary N) is 1. The number of hydrogen-bond acceptors (Lipinski definition) is 3. The van der Waals surface area contributed by atoms with Crippen molar-refractivity contribution in [1.82, 2.24) is 0 Å². The highest BCUT2D eigenvalue weighted by atomic mass is 16.5. The van der Waals surface area contributed by atoms with Crippen molar-refractivity contribution in [3.05, 3.63) is 0 Å². The van der Waals surface area contributed by atoms with E-state index in [1.54, 1.807) is 0 Å². The maximum Gasteiger partial charge on any atom is 0.306 e. The lowest BCUT2D eigenvalue weighted by Crippen LogP contribution is -2.28. The highest BCUT2D eigenvalue weighted by molar-refractivity contribution is 5.69. The summed E-state index contributed by atoms with van der Waals surface area (Å²) in [4.78, 5) is 11.9. The quantitative estimate of drug-likeness (QED) is 0.684. The Bertz CT molecular complexity index is 273. The Hall–Kier alpha value is -0.570. The summed E-state index contributed by atoms with van der Waals surface area (Å²) in [5, 5.41) is 0. The molecule has 0 bridgehead atoms. The van der Waals surface area contributed by atoms with Gasteiger partial charge in [-0.25, -0.2) is 0 Å². The summed E-state index contributed by atoms with van der Waals surface area (Å²) in [5.41, 5.74) is 6.05. The molecule has 1 fully saturated rings. The fourth-order valence-electron chi connectivity index (χ4n) is 3.13. The topological polar surface area (TPSA) is 52.3 Å². The van der Waals surface area contributed by atoms with Crippen molar-refractivity contribution in [1.29, 1.82) is 0 Å². The van der Waals surface area contributed by atoms with E-state index in [-0.39, 0.29) is 12.1 Å². The summed E-state index contributed by atoms with van der Waals surface area (Å²) < 4.78 is 5.62. The van der Waals surface area contributed by atoms with E-state index in [2.05, 4.69) is 20.8 Å². The molecular formula is C17H33NO2. The lowest BCUT2D eigenvalue weighted by atomic mass is 9.76. The molecule has 0 aromatic carbocycles. The number of esters is 1. The van der Waals surface area contributed by atoms with E-state index in [4.69, 9.17) is 10.5 Å². The molecule has 0 radical (unpaired) electrons. The summed E-state index contributed by atoms with van der Waals surface area (Å²) in [7, 11) is 0. The number of rotatable bonds is 8. The first-order chi connectivity index (χ1) is 9.46. The van der Waals surface area contributed by atoms with Crippen LogP contribution in [-0.2, 0) is 9.53 Å².